The Balaban J connectivity index is 5.66. The highest BCUT2D eigenvalue weighted by atomic mass is 32.2. The third-order valence-corrected chi connectivity index (χ3v) is 4.66. The number of ketones is 1. The maximum atomic E-state index is 12.6. The number of rotatable bonds is 10. The first kappa shape index (κ1) is 24.8. The molecule has 0 aromatic heterocycles. The molecular formula is C16H27F3O6S. The lowest BCUT2D eigenvalue weighted by Gasteiger charge is -2.32. The van der Waals surface area contributed by atoms with Crippen molar-refractivity contribution < 1.29 is 40.1 Å². The first-order valence-corrected chi connectivity index (χ1v) is 9.70. The summed E-state index contributed by atoms with van der Waals surface area (Å²) in [5.74, 6) is -1.90. The minimum atomic E-state index is -5.94. The first-order chi connectivity index (χ1) is 11.6. The van der Waals surface area contributed by atoms with Crippen molar-refractivity contribution in [3.63, 3.8) is 0 Å². The quantitative estimate of drug-likeness (QED) is 0.181. The van der Waals surface area contributed by atoms with Gasteiger partial charge < -0.3 is 4.74 Å². The van der Waals surface area contributed by atoms with E-state index in [1.807, 2.05) is 6.92 Å². The summed E-state index contributed by atoms with van der Waals surface area (Å²) < 4.78 is 69.1. The van der Waals surface area contributed by atoms with Crippen molar-refractivity contribution in [2.24, 2.45) is 5.41 Å². The van der Waals surface area contributed by atoms with Crippen molar-refractivity contribution in [2.45, 2.75) is 77.8 Å². The van der Waals surface area contributed by atoms with Crippen LogP contribution in [-0.2, 0) is 28.6 Å². The molecule has 0 radical (unpaired) electrons. The molecule has 0 bridgehead atoms. The summed E-state index contributed by atoms with van der Waals surface area (Å²) in [5.41, 5.74) is -8.77. The van der Waals surface area contributed by atoms with Crippen LogP contribution >= 0.6 is 0 Å². The highest BCUT2D eigenvalue weighted by Gasteiger charge is 2.52. The molecule has 10 heteroatoms. The molecule has 26 heavy (non-hydrogen) atoms. The lowest BCUT2D eigenvalue weighted by atomic mass is 9.79. The fourth-order valence-electron chi connectivity index (χ4n) is 2.13. The van der Waals surface area contributed by atoms with Crippen LogP contribution in [0.4, 0.5) is 13.2 Å². The molecule has 0 N–H and O–H groups in total. The van der Waals surface area contributed by atoms with Gasteiger partial charge in [-0.1, -0.05) is 32.6 Å². The molecule has 154 valence electrons. The van der Waals surface area contributed by atoms with Crippen LogP contribution in [0.25, 0.3) is 0 Å². The van der Waals surface area contributed by atoms with Gasteiger partial charge in [0, 0.05) is 0 Å². The SMILES string of the molecule is CCCCCCC(COS(=O)(=O)C(F)(F)F)(C(C)=O)C(=O)OC(C)(C)C. The van der Waals surface area contributed by atoms with Crippen molar-refractivity contribution in [1.29, 1.82) is 0 Å². The summed E-state index contributed by atoms with van der Waals surface area (Å²) >= 11 is 0. The van der Waals surface area contributed by atoms with Gasteiger partial charge in [0.05, 0.1) is 6.61 Å². The summed E-state index contributed by atoms with van der Waals surface area (Å²) in [7, 11) is -5.94. The molecule has 6 nitrogen and oxygen atoms in total. The zero-order valence-electron chi connectivity index (χ0n) is 15.7. The molecular weight excluding hydrogens is 377 g/mol. The highest BCUT2D eigenvalue weighted by Crippen LogP contribution is 2.34. The average molecular weight is 404 g/mol. The topological polar surface area (TPSA) is 86.7 Å². The number of alkyl halides is 3. The fraction of sp³-hybridized carbons (Fsp3) is 0.875. The van der Waals surface area contributed by atoms with E-state index in [-0.39, 0.29) is 6.42 Å². The van der Waals surface area contributed by atoms with Gasteiger partial charge in [0.1, 0.15) is 11.4 Å². The van der Waals surface area contributed by atoms with Crippen molar-refractivity contribution in [1.82, 2.24) is 0 Å². The predicted molar refractivity (Wildman–Crippen MR) is 88.6 cm³/mol. The standard InChI is InChI=1S/C16H27F3O6S/c1-6-7-8-9-10-15(12(2)20,13(21)25-14(3,4)5)11-24-26(22,23)16(17,18)19/h6-11H2,1-5H3. The molecule has 0 aliphatic rings. The summed E-state index contributed by atoms with van der Waals surface area (Å²) in [6.45, 7) is 6.28. The molecule has 0 aliphatic heterocycles. The number of ether oxygens (including phenoxy) is 1. The molecule has 1 unspecified atom stereocenters. The summed E-state index contributed by atoms with van der Waals surface area (Å²) in [6.07, 6.45) is 2.45. The van der Waals surface area contributed by atoms with Crippen LogP contribution in [0, 0.1) is 5.41 Å². The molecule has 0 aliphatic carbocycles. The smallest absolute Gasteiger partial charge is 0.459 e. The maximum absolute atomic E-state index is 12.6. The predicted octanol–water partition coefficient (Wildman–Crippen LogP) is 3.74. The van der Waals surface area contributed by atoms with Crippen LogP contribution in [-0.4, -0.2) is 37.9 Å². The Morgan fingerprint density at radius 1 is 1.00 bits per heavy atom. The van der Waals surface area contributed by atoms with Crippen molar-refractivity contribution in [2.75, 3.05) is 6.61 Å². The number of Topliss-reactive ketones (excluding diaryl/α,β-unsaturated/α-hetero) is 1. The third kappa shape index (κ3) is 7.22. The van der Waals surface area contributed by atoms with Crippen molar-refractivity contribution >= 4 is 21.9 Å². The molecule has 0 heterocycles. The van der Waals surface area contributed by atoms with E-state index >= 15 is 0 Å². The Morgan fingerprint density at radius 3 is 1.92 bits per heavy atom. The number of hydrogen-bond donors (Lipinski definition) is 0. The average Bonchev–Trinajstić information content (AvgIpc) is 2.43. The van der Waals surface area contributed by atoms with Crippen LogP contribution in [0.15, 0.2) is 0 Å². The van der Waals surface area contributed by atoms with Crippen molar-refractivity contribution in [3.05, 3.63) is 0 Å². The van der Waals surface area contributed by atoms with Gasteiger partial charge in [-0.3, -0.25) is 13.8 Å². The molecule has 0 aromatic rings. The van der Waals surface area contributed by atoms with Gasteiger partial charge in [-0.25, -0.2) is 0 Å². The van der Waals surface area contributed by atoms with Crippen LogP contribution in [0.1, 0.15) is 66.7 Å². The molecule has 0 amide bonds. The van der Waals surface area contributed by atoms with Gasteiger partial charge >= 0.3 is 21.6 Å². The zero-order valence-corrected chi connectivity index (χ0v) is 16.6. The fourth-order valence-corrected chi connectivity index (χ4v) is 2.62. The van der Waals surface area contributed by atoms with E-state index in [4.69, 9.17) is 4.74 Å². The van der Waals surface area contributed by atoms with E-state index in [0.717, 1.165) is 19.8 Å². The Bertz CT molecular complexity index is 592. The second-order valence-corrected chi connectivity index (χ2v) is 8.72. The van der Waals surface area contributed by atoms with E-state index in [2.05, 4.69) is 4.18 Å². The number of carbonyl (C=O) groups is 2. The molecule has 0 aromatic carbocycles. The van der Waals surface area contributed by atoms with E-state index < -0.39 is 45.0 Å². The Labute approximate surface area is 152 Å². The minimum absolute atomic E-state index is 0.162. The lowest BCUT2D eigenvalue weighted by molar-refractivity contribution is -0.173. The van der Waals surface area contributed by atoms with Crippen LogP contribution < -0.4 is 0 Å². The minimum Gasteiger partial charge on any atom is -0.459 e. The van der Waals surface area contributed by atoms with E-state index in [9.17, 15) is 31.2 Å². The molecule has 1 atom stereocenters. The number of carbonyl (C=O) groups excluding carboxylic acids is 2. The number of halogens is 3. The highest BCUT2D eigenvalue weighted by molar-refractivity contribution is 7.87. The third-order valence-electron chi connectivity index (χ3n) is 3.66. The number of unbranched alkanes of at least 4 members (excludes halogenated alkanes) is 3. The monoisotopic (exact) mass is 404 g/mol. The van der Waals surface area contributed by atoms with Crippen LogP contribution in [0.5, 0.6) is 0 Å². The molecule has 0 rings (SSSR count). The second-order valence-electron chi connectivity index (χ2n) is 7.11. The number of esters is 1. The zero-order chi connectivity index (χ0) is 20.8. The molecule has 0 saturated heterocycles. The Morgan fingerprint density at radius 2 is 1.54 bits per heavy atom. The second kappa shape index (κ2) is 9.16. The van der Waals surface area contributed by atoms with Gasteiger partial charge in [-0.2, -0.15) is 21.6 Å². The van der Waals surface area contributed by atoms with Gasteiger partial charge in [-0.05, 0) is 34.1 Å². The van der Waals surface area contributed by atoms with E-state index in [0.29, 0.717) is 12.8 Å². The lowest BCUT2D eigenvalue weighted by Crippen LogP contribution is -2.47. The summed E-state index contributed by atoms with van der Waals surface area (Å²) in [5, 5.41) is 0. The van der Waals surface area contributed by atoms with E-state index in [1.54, 1.807) is 0 Å². The Kier molecular flexibility index (Phi) is 8.75. The maximum Gasteiger partial charge on any atom is 0.523 e. The van der Waals surface area contributed by atoms with Gasteiger partial charge in [0.2, 0.25) is 0 Å². The van der Waals surface area contributed by atoms with Gasteiger partial charge in [0.25, 0.3) is 0 Å². The van der Waals surface area contributed by atoms with Crippen molar-refractivity contribution in [3.8, 4) is 0 Å². The van der Waals surface area contributed by atoms with Crippen LogP contribution in [0.3, 0.4) is 0 Å². The Hall–Kier alpha value is -1.16. The van der Waals surface area contributed by atoms with Gasteiger partial charge in [0.15, 0.2) is 5.41 Å². The molecule has 0 spiro atoms. The van der Waals surface area contributed by atoms with Gasteiger partial charge in [-0.15, -0.1) is 0 Å². The summed E-state index contributed by atoms with van der Waals surface area (Å²) in [4.78, 5) is 24.7. The van der Waals surface area contributed by atoms with Crippen LogP contribution in [0.2, 0.25) is 0 Å². The molecule has 0 saturated carbocycles. The first-order valence-electron chi connectivity index (χ1n) is 8.29. The summed E-state index contributed by atoms with van der Waals surface area (Å²) in [6, 6.07) is 0. The van der Waals surface area contributed by atoms with E-state index in [1.165, 1.54) is 20.8 Å². The molecule has 0 fully saturated rings. The normalized spacial score (nSPS) is 15.4. The number of hydrogen-bond acceptors (Lipinski definition) is 6. The largest absolute Gasteiger partial charge is 0.523 e.